The third-order valence-corrected chi connectivity index (χ3v) is 4.33. The first-order valence-electron chi connectivity index (χ1n) is 9.21. The van der Waals surface area contributed by atoms with Crippen LogP contribution >= 0.6 is 0 Å². The molecule has 142 valence electrons. The van der Waals surface area contributed by atoms with Crippen molar-refractivity contribution in [1.82, 2.24) is 9.66 Å². The number of nitrogens with zero attached hydrogens (tertiary/aromatic N) is 3. The Kier molecular flexibility index (Phi) is 5.29. The third kappa shape index (κ3) is 3.99. The summed E-state index contributed by atoms with van der Waals surface area (Å²) in [7, 11) is 0. The van der Waals surface area contributed by atoms with E-state index in [1.807, 2.05) is 72.8 Å². The zero-order valence-electron chi connectivity index (χ0n) is 15.7. The molecule has 0 atom stereocenters. The van der Waals surface area contributed by atoms with Crippen LogP contribution in [0.5, 0.6) is 5.75 Å². The molecule has 0 fully saturated rings. The number of hydrogen-bond donors (Lipinski definition) is 0. The van der Waals surface area contributed by atoms with Gasteiger partial charge in [-0.15, -0.1) is 0 Å². The lowest BCUT2D eigenvalue weighted by Gasteiger charge is -2.09. The SMILES string of the molecule is C=CCOc1cccc(/C=N/n2c(-c3ccccc3)nc3ccccc3c2=O)c1. The van der Waals surface area contributed by atoms with Crippen molar-refractivity contribution in [3.8, 4) is 17.1 Å². The van der Waals surface area contributed by atoms with Gasteiger partial charge in [0.15, 0.2) is 5.82 Å². The van der Waals surface area contributed by atoms with Crippen LogP contribution in [-0.4, -0.2) is 22.5 Å². The molecule has 4 aromatic rings. The van der Waals surface area contributed by atoms with Gasteiger partial charge < -0.3 is 4.74 Å². The fourth-order valence-corrected chi connectivity index (χ4v) is 2.97. The Bertz CT molecular complexity index is 1240. The van der Waals surface area contributed by atoms with Crippen molar-refractivity contribution in [3.05, 3.63) is 107 Å². The number of aromatic nitrogens is 2. The highest BCUT2D eigenvalue weighted by Crippen LogP contribution is 2.19. The average molecular weight is 381 g/mol. The summed E-state index contributed by atoms with van der Waals surface area (Å²) in [6, 6.07) is 24.3. The Hall–Kier alpha value is -3.99. The van der Waals surface area contributed by atoms with Gasteiger partial charge in [-0.05, 0) is 29.8 Å². The van der Waals surface area contributed by atoms with Gasteiger partial charge in [-0.25, -0.2) is 4.98 Å². The van der Waals surface area contributed by atoms with E-state index in [9.17, 15) is 4.79 Å². The van der Waals surface area contributed by atoms with Crippen LogP contribution in [-0.2, 0) is 0 Å². The predicted octanol–water partition coefficient (Wildman–Crippen LogP) is 4.51. The second-order valence-corrected chi connectivity index (χ2v) is 6.35. The molecule has 0 spiro atoms. The highest BCUT2D eigenvalue weighted by molar-refractivity contribution is 5.82. The fraction of sp³-hybridized carbons (Fsp3) is 0.0417. The van der Waals surface area contributed by atoms with Crippen molar-refractivity contribution in [2.45, 2.75) is 0 Å². The minimum atomic E-state index is -0.218. The minimum absolute atomic E-state index is 0.218. The van der Waals surface area contributed by atoms with Crippen molar-refractivity contribution in [2.75, 3.05) is 6.61 Å². The van der Waals surface area contributed by atoms with Crippen LogP contribution in [0.4, 0.5) is 0 Å². The molecule has 5 heteroatoms. The van der Waals surface area contributed by atoms with Gasteiger partial charge in [-0.3, -0.25) is 4.79 Å². The van der Waals surface area contributed by atoms with E-state index in [4.69, 9.17) is 9.72 Å². The second-order valence-electron chi connectivity index (χ2n) is 6.35. The number of rotatable bonds is 6. The van der Waals surface area contributed by atoms with Crippen molar-refractivity contribution >= 4 is 17.1 Å². The van der Waals surface area contributed by atoms with Gasteiger partial charge in [0, 0.05) is 5.56 Å². The largest absolute Gasteiger partial charge is 0.490 e. The summed E-state index contributed by atoms with van der Waals surface area (Å²) in [5.74, 6) is 1.20. The van der Waals surface area contributed by atoms with Gasteiger partial charge in [0.25, 0.3) is 5.56 Å². The maximum absolute atomic E-state index is 13.1. The Morgan fingerprint density at radius 1 is 1.00 bits per heavy atom. The minimum Gasteiger partial charge on any atom is -0.490 e. The molecule has 0 aliphatic rings. The number of benzene rings is 3. The first kappa shape index (κ1) is 18.4. The van der Waals surface area contributed by atoms with Gasteiger partial charge in [0.1, 0.15) is 12.4 Å². The highest BCUT2D eigenvalue weighted by atomic mass is 16.5. The molecule has 1 heterocycles. The van der Waals surface area contributed by atoms with E-state index in [-0.39, 0.29) is 5.56 Å². The van der Waals surface area contributed by atoms with E-state index in [1.165, 1.54) is 4.68 Å². The maximum atomic E-state index is 13.1. The number of ether oxygens (including phenoxy) is 1. The Morgan fingerprint density at radius 3 is 2.62 bits per heavy atom. The van der Waals surface area contributed by atoms with Crippen LogP contribution in [0.15, 0.2) is 101 Å². The molecular formula is C24H19N3O2. The molecule has 0 radical (unpaired) electrons. The molecule has 0 unspecified atom stereocenters. The van der Waals surface area contributed by atoms with E-state index in [0.717, 1.165) is 11.1 Å². The summed E-state index contributed by atoms with van der Waals surface area (Å²) < 4.78 is 6.90. The van der Waals surface area contributed by atoms with Crippen LogP contribution < -0.4 is 10.3 Å². The molecule has 0 N–H and O–H groups in total. The second kappa shape index (κ2) is 8.35. The van der Waals surface area contributed by atoms with E-state index < -0.39 is 0 Å². The lowest BCUT2D eigenvalue weighted by molar-refractivity contribution is 0.363. The molecule has 0 aliphatic heterocycles. The topological polar surface area (TPSA) is 56.5 Å². The third-order valence-electron chi connectivity index (χ3n) is 4.33. The summed E-state index contributed by atoms with van der Waals surface area (Å²) in [5.41, 5.74) is 2.05. The molecular weight excluding hydrogens is 362 g/mol. The smallest absolute Gasteiger partial charge is 0.282 e. The van der Waals surface area contributed by atoms with Gasteiger partial charge in [-0.1, -0.05) is 67.3 Å². The molecule has 1 aromatic heterocycles. The standard InChI is InChI=1S/C24H19N3O2/c1-2-15-29-20-12-8-9-18(16-20)17-25-27-23(19-10-4-3-5-11-19)26-22-14-7-6-13-21(22)24(27)28/h2-14,16-17H,1,15H2/b25-17+. The fourth-order valence-electron chi connectivity index (χ4n) is 2.97. The van der Waals surface area contributed by atoms with Gasteiger partial charge >= 0.3 is 0 Å². The molecule has 0 saturated carbocycles. The zero-order chi connectivity index (χ0) is 20.1. The normalized spacial score (nSPS) is 11.0. The van der Waals surface area contributed by atoms with Crippen LogP contribution in [0, 0.1) is 0 Å². The van der Waals surface area contributed by atoms with E-state index in [1.54, 1.807) is 18.4 Å². The molecule has 5 nitrogen and oxygen atoms in total. The lowest BCUT2D eigenvalue weighted by atomic mass is 10.2. The van der Waals surface area contributed by atoms with E-state index in [0.29, 0.717) is 29.1 Å². The van der Waals surface area contributed by atoms with Gasteiger partial charge in [0.05, 0.1) is 17.1 Å². The number of fused-ring (bicyclic) bond motifs is 1. The summed E-state index contributed by atoms with van der Waals surface area (Å²) >= 11 is 0. The molecule has 29 heavy (non-hydrogen) atoms. The van der Waals surface area contributed by atoms with Crippen LogP contribution in [0.25, 0.3) is 22.3 Å². The maximum Gasteiger partial charge on any atom is 0.282 e. The Balaban J connectivity index is 1.82. The molecule has 0 saturated heterocycles. The Morgan fingerprint density at radius 2 is 1.79 bits per heavy atom. The number of hydrogen-bond acceptors (Lipinski definition) is 4. The molecule has 0 bridgehead atoms. The number of para-hydroxylation sites is 1. The first-order valence-corrected chi connectivity index (χ1v) is 9.21. The summed E-state index contributed by atoms with van der Waals surface area (Å²) in [6.45, 7) is 4.07. The Labute approximate surface area is 168 Å². The van der Waals surface area contributed by atoms with Crippen molar-refractivity contribution < 1.29 is 4.74 Å². The summed E-state index contributed by atoms with van der Waals surface area (Å²) in [5, 5.41) is 4.99. The summed E-state index contributed by atoms with van der Waals surface area (Å²) in [4.78, 5) is 17.8. The van der Waals surface area contributed by atoms with Crippen molar-refractivity contribution in [3.63, 3.8) is 0 Å². The monoisotopic (exact) mass is 381 g/mol. The molecule has 0 amide bonds. The van der Waals surface area contributed by atoms with Crippen LogP contribution in [0.3, 0.4) is 0 Å². The zero-order valence-corrected chi connectivity index (χ0v) is 15.7. The molecule has 3 aromatic carbocycles. The van der Waals surface area contributed by atoms with Crippen LogP contribution in [0.2, 0.25) is 0 Å². The molecule has 4 rings (SSSR count). The van der Waals surface area contributed by atoms with E-state index in [2.05, 4.69) is 11.7 Å². The van der Waals surface area contributed by atoms with Gasteiger partial charge in [-0.2, -0.15) is 9.78 Å². The van der Waals surface area contributed by atoms with E-state index >= 15 is 0 Å². The average Bonchev–Trinajstić information content (AvgIpc) is 2.78. The lowest BCUT2D eigenvalue weighted by Crippen LogP contribution is -2.20. The van der Waals surface area contributed by atoms with Gasteiger partial charge in [0.2, 0.25) is 0 Å². The highest BCUT2D eigenvalue weighted by Gasteiger charge is 2.11. The summed E-state index contributed by atoms with van der Waals surface area (Å²) in [6.07, 6.45) is 3.32. The van der Waals surface area contributed by atoms with Crippen molar-refractivity contribution in [2.24, 2.45) is 5.10 Å². The predicted molar refractivity (Wildman–Crippen MR) is 117 cm³/mol. The first-order chi connectivity index (χ1) is 14.3. The quantitative estimate of drug-likeness (QED) is 0.365. The van der Waals surface area contributed by atoms with Crippen LogP contribution in [0.1, 0.15) is 5.56 Å². The van der Waals surface area contributed by atoms with Crippen molar-refractivity contribution in [1.29, 1.82) is 0 Å². The molecule has 0 aliphatic carbocycles.